The zero-order valence-corrected chi connectivity index (χ0v) is 10.4. The number of rotatable bonds is 2. The minimum Gasteiger partial charge on any atom is -0.396 e. The van der Waals surface area contributed by atoms with Crippen LogP contribution in [-0.2, 0) is 6.18 Å². The minimum atomic E-state index is -4.62. The van der Waals surface area contributed by atoms with E-state index >= 15 is 0 Å². The van der Waals surface area contributed by atoms with Crippen molar-refractivity contribution in [1.82, 2.24) is 4.98 Å². The molecular formula is C13H8F4N4. The van der Waals surface area contributed by atoms with Crippen molar-refractivity contribution >= 4 is 17.1 Å². The molecule has 4 nitrogen and oxygen atoms in total. The number of nitrogens with one attached hydrogen (secondary N) is 1. The Morgan fingerprint density at radius 2 is 1.90 bits per heavy atom. The first-order valence-corrected chi connectivity index (χ1v) is 5.60. The van der Waals surface area contributed by atoms with Crippen LogP contribution in [0.15, 0.2) is 30.5 Å². The summed E-state index contributed by atoms with van der Waals surface area (Å²) in [5, 5.41) is 11.5. The van der Waals surface area contributed by atoms with Crippen LogP contribution in [0.2, 0.25) is 0 Å². The van der Waals surface area contributed by atoms with Gasteiger partial charge in [0.2, 0.25) is 0 Å². The number of anilines is 3. The van der Waals surface area contributed by atoms with Crippen LogP contribution in [0.1, 0.15) is 11.3 Å². The van der Waals surface area contributed by atoms with E-state index in [2.05, 4.69) is 10.3 Å². The van der Waals surface area contributed by atoms with Gasteiger partial charge in [0, 0.05) is 0 Å². The molecule has 21 heavy (non-hydrogen) atoms. The van der Waals surface area contributed by atoms with E-state index in [1.54, 1.807) is 6.07 Å². The standard InChI is InChI=1S/C13H8F4N4/c14-8-1-2-10(7(3-8)5-18)21-11-4-12(13(15,16)17)20-6-9(11)19/h1-4,6H,19H2,(H,20,21). The lowest BCUT2D eigenvalue weighted by Crippen LogP contribution is -2.09. The van der Waals surface area contributed by atoms with Gasteiger partial charge in [-0.25, -0.2) is 9.37 Å². The van der Waals surface area contributed by atoms with Crippen LogP contribution in [0.25, 0.3) is 0 Å². The number of hydrogen-bond donors (Lipinski definition) is 2. The van der Waals surface area contributed by atoms with Crippen LogP contribution < -0.4 is 11.1 Å². The smallest absolute Gasteiger partial charge is 0.396 e. The molecule has 1 aromatic carbocycles. The lowest BCUT2D eigenvalue weighted by molar-refractivity contribution is -0.141. The molecule has 1 aromatic heterocycles. The largest absolute Gasteiger partial charge is 0.433 e. The molecule has 3 N–H and O–H groups in total. The fourth-order valence-corrected chi connectivity index (χ4v) is 1.59. The van der Waals surface area contributed by atoms with Crippen molar-refractivity contribution in [3.8, 4) is 6.07 Å². The Labute approximate surface area is 116 Å². The van der Waals surface area contributed by atoms with Gasteiger partial charge >= 0.3 is 6.18 Å². The van der Waals surface area contributed by atoms with Crippen molar-refractivity contribution in [3.63, 3.8) is 0 Å². The van der Waals surface area contributed by atoms with Crippen LogP contribution in [-0.4, -0.2) is 4.98 Å². The Kier molecular flexibility index (Phi) is 3.67. The molecule has 0 aliphatic heterocycles. The van der Waals surface area contributed by atoms with E-state index in [1.807, 2.05) is 0 Å². The second kappa shape index (κ2) is 5.28. The lowest BCUT2D eigenvalue weighted by Gasteiger charge is -2.13. The maximum Gasteiger partial charge on any atom is 0.433 e. The molecular weight excluding hydrogens is 288 g/mol. The Morgan fingerprint density at radius 1 is 1.19 bits per heavy atom. The van der Waals surface area contributed by atoms with Gasteiger partial charge in [0.15, 0.2) is 0 Å². The topological polar surface area (TPSA) is 74.7 Å². The normalized spacial score (nSPS) is 11.0. The molecule has 0 bridgehead atoms. The second-order valence-corrected chi connectivity index (χ2v) is 4.08. The number of benzene rings is 1. The maximum atomic E-state index is 13.0. The zero-order valence-electron chi connectivity index (χ0n) is 10.4. The highest BCUT2D eigenvalue weighted by Gasteiger charge is 2.33. The molecule has 0 fully saturated rings. The van der Waals surface area contributed by atoms with E-state index in [-0.39, 0.29) is 22.6 Å². The summed E-state index contributed by atoms with van der Waals surface area (Å²) in [5.41, 5.74) is 4.41. The molecule has 0 saturated heterocycles. The summed E-state index contributed by atoms with van der Waals surface area (Å²) in [6.45, 7) is 0. The highest BCUT2D eigenvalue weighted by Crippen LogP contribution is 2.32. The minimum absolute atomic E-state index is 0.0313. The zero-order chi connectivity index (χ0) is 15.6. The number of aromatic nitrogens is 1. The van der Waals surface area contributed by atoms with Gasteiger partial charge in [-0.15, -0.1) is 0 Å². The molecule has 0 saturated carbocycles. The second-order valence-electron chi connectivity index (χ2n) is 4.08. The summed E-state index contributed by atoms with van der Waals surface area (Å²) >= 11 is 0. The van der Waals surface area contributed by atoms with Crippen molar-refractivity contribution in [2.24, 2.45) is 0 Å². The monoisotopic (exact) mass is 296 g/mol. The third kappa shape index (κ3) is 3.20. The van der Waals surface area contributed by atoms with E-state index in [0.717, 1.165) is 24.4 Å². The number of halogens is 4. The SMILES string of the molecule is N#Cc1cc(F)ccc1Nc1cc(C(F)(F)F)ncc1N. The fraction of sp³-hybridized carbons (Fsp3) is 0.0769. The van der Waals surface area contributed by atoms with Gasteiger partial charge in [-0.05, 0) is 24.3 Å². The van der Waals surface area contributed by atoms with Crippen LogP contribution in [0.3, 0.4) is 0 Å². The van der Waals surface area contributed by atoms with Crippen LogP contribution in [0, 0.1) is 17.1 Å². The molecule has 0 aliphatic rings. The first-order valence-electron chi connectivity index (χ1n) is 5.60. The molecule has 0 amide bonds. The van der Waals surface area contributed by atoms with Crippen LogP contribution in [0.5, 0.6) is 0 Å². The van der Waals surface area contributed by atoms with Gasteiger partial charge in [0.05, 0.1) is 28.8 Å². The summed E-state index contributed by atoms with van der Waals surface area (Å²) < 4.78 is 50.8. The molecule has 2 aromatic rings. The molecule has 2 rings (SSSR count). The van der Waals surface area contributed by atoms with Crippen molar-refractivity contribution in [2.45, 2.75) is 6.18 Å². The molecule has 0 radical (unpaired) electrons. The number of nitriles is 1. The molecule has 1 heterocycles. The predicted octanol–water partition coefficient (Wildman–Crippen LogP) is 3.44. The number of nitrogens with two attached hydrogens (primary N) is 1. The summed E-state index contributed by atoms with van der Waals surface area (Å²) in [7, 11) is 0. The van der Waals surface area contributed by atoms with Gasteiger partial charge in [-0.3, -0.25) is 0 Å². The Bertz CT molecular complexity index is 719. The molecule has 0 spiro atoms. The number of hydrogen-bond acceptors (Lipinski definition) is 4. The van der Waals surface area contributed by atoms with E-state index in [4.69, 9.17) is 11.0 Å². The molecule has 108 valence electrons. The fourth-order valence-electron chi connectivity index (χ4n) is 1.59. The lowest BCUT2D eigenvalue weighted by atomic mass is 10.1. The summed E-state index contributed by atoms with van der Waals surface area (Å²) in [6.07, 6.45) is -3.76. The predicted molar refractivity (Wildman–Crippen MR) is 68.0 cm³/mol. The quantitative estimate of drug-likeness (QED) is 0.832. The first kappa shape index (κ1) is 14.6. The van der Waals surface area contributed by atoms with E-state index < -0.39 is 17.7 Å². The number of alkyl halides is 3. The Balaban J connectivity index is 2.43. The number of nitrogens with zero attached hydrogens (tertiary/aromatic N) is 2. The Hall–Kier alpha value is -2.82. The average Bonchev–Trinajstić information content (AvgIpc) is 2.41. The van der Waals surface area contributed by atoms with E-state index in [0.29, 0.717) is 0 Å². The summed E-state index contributed by atoms with van der Waals surface area (Å²) in [5.74, 6) is -0.629. The highest BCUT2D eigenvalue weighted by molar-refractivity contribution is 5.75. The first-order chi connectivity index (χ1) is 9.81. The molecule has 0 atom stereocenters. The molecule has 0 unspecified atom stereocenters. The van der Waals surface area contributed by atoms with Crippen LogP contribution in [0.4, 0.5) is 34.6 Å². The molecule has 8 heteroatoms. The third-order valence-corrected chi connectivity index (χ3v) is 2.60. The van der Waals surface area contributed by atoms with Crippen molar-refractivity contribution in [2.75, 3.05) is 11.1 Å². The van der Waals surface area contributed by atoms with Crippen molar-refractivity contribution in [1.29, 1.82) is 5.26 Å². The Morgan fingerprint density at radius 3 is 2.52 bits per heavy atom. The molecule has 0 aliphatic carbocycles. The van der Waals surface area contributed by atoms with Gasteiger partial charge in [-0.2, -0.15) is 18.4 Å². The van der Waals surface area contributed by atoms with Gasteiger partial charge in [0.1, 0.15) is 17.6 Å². The summed E-state index contributed by atoms with van der Waals surface area (Å²) in [6, 6.07) is 5.74. The van der Waals surface area contributed by atoms with E-state index in [9.17, 15) is 17.6 Å². The van der Waals surface area contributed by atoms with Crippen LogP contribution >= 0.6 is 0 Å². The number of nitrogen functional groups attached to an aromatic ring is 1. The highest BCUT2D eigenvalue weighted by atomic mass is 19.4. The van der Waals surface area contributed by atoms with Gasteiger partial charge < -0.3 is 11.1 Å². The average molecular weight is 296 g/mol. The van der Waals surface area contributed by atoms with Gasteiger partial charge in [0.25, 0.3) is 0 Å². The van der Waals surface area contributed by atoms with Crippen molar-refractivity contribution < 1.29 is 17.6 Å². The van der Waals surface area contributed by atoms with Gasteiger partial charge in [-0.1, -0.05) is 0 Å². The number of pyridine rings is 1. The summed E-state index contributed by atoms with van der Waals surface area (Å²) in [4.78, 5) is 3.19. The third-order valence-electron chi connectivity index (χ3n) is 2.60. The van der Waals surface area contributed by atoms with E-state index in [1.165, 1.54) is 6.07 Å². The maximum absolute atomic E-state index is 13.0. The van der Waals surface area contributed by atoms with Crippen molar-refractivity contribution in [3.05, 3.63) is 47.5 Å².